The van der Waals surface area contributed by atoms with Crippen LogP contribution in [0.25, 0.3) is 27.7 Å². The summed E-state index contributed by atoms with van der Waals surface area (Å²) >= 11 is 0. The number of amides is 1. The molecule has 0 fully saturated rings. The van der Waals surface area contributed by atoms with E-state index >= 15 is 0 Å². The monoisotopic (exact) mass is 385 g/mol. The normalized spacial score (nSPS) is 11.4. The summed E-state index contributed by atoms with van der Waals surface area (Å²) in [5, 5.41) is 7.22. The van der Waals surface area contributed by atoms with Crippen LogP contribution in [0.1, 0.15) is 17.3 Å². The van der Waals surface area contributed by atoms with Crippen LogP contribution in [0.4, 0.5) is 8.78 Å². The highest BCUT2D eigenvalue weighted by atomic mass is 19.3. The molecule has 4 aromatic rings. The van der Waals surface area contributed by atoms with Crippen molar-refractivity contribution < 1.29 is 18.3 Å². The lowest BCUT2D eigenvalue weighted by atomic mass is 10.1. The van der Waals surface area contributed by atoms with Gasteiger partial charge >= 0.3 is 0 Å². The molecule has 0 unspecified atom stereocenters. The number of carbonyl (C=O) groups is 1. The minimum atomic E-state index is -2.61. The van der Waals surface area contributed by atoms with Crippen molar-refractivity contribution >= 4 is 22.5 Å². The molecule has 1 amide bonds. The first-order chi connectivity index (χ1) is 13.6. The van der Waals surface area contributed by atoms with Crippen LogP contribution < -0.4 is 10.1 Å². The Kier molecular flexibility index (Phi) is 4.64. The summed E-state index contributed by atoms with van der Waals surface area (Å²) in [6.45, 7) is 1.72. The maximum atomic E-state index is 12.4. The van der Waals surface area contributed by atoms with Crippen molar-refractivity contribution in [2.45, 2.75) is 13.3 Å². The van der Waals surface area contributed by atoms with E-state index in [0.29, 0.717) is 23.7 Å². The summed E-state index contributed by atoms with van der Waals surface area (Å²) in [5.74, 6) is -0.0537. The van der Waals surface area contributed by atoms with Crippen molar-refractivity contribution in [3.05, 3.63) is 48.4 Å². The molecule has 0 saturated heterocycles. The first-order valence-corrected chi connectivity index (χ1v) is 8.72. The molecule has 144 valence electrons. The van der Waals surface area contributed by atoms with Gasteiger partial charge < -0.3 is 15.0 Å². The Balaban J connectivity index is 1.72. The number of carbonyl (C=O) groups excluding carboxylic acids is 1. The zero-order valence-corrected chi connectivity index (χ0v) is 14.9. The minimum Gasteiger partial charge on any atom is -0.478 e. The number of hydrogen-bond donors (Lipinski definition) is 2. The first kappa shape index (κ1) is 17.9. The van der Waals surface area contributed by atoms with Crippen LogP contribution in [0, 0.1) is 0 Å². The van der Waals surface area contributed by atoms with Crippen molar-refractivity contribution in [1.29, 1.82) is 0 Å². The Morgan fingerprint density at radius 2 is 2.21 bits per heavy atom. The Bertz CT molecular complexity index is 1150. The van der Waals surface area contributed by atoms with Crippen LogP contribution in [0.2, 0.25) is 0 Å². The number of nitrogens with one attached hydrogen (secondary N) is 2. The molecule has 4 rings (SSSR count). The lowest BCUT2D eigenvalue weighted by Crippen LogP contribution is -2.28. The van der Waals surface area contributed by atoms with E-state index in [4.69, 9.17) is 4.74 Å². The third kappa shape index (κ3) is 3.26. The number of pyridine rings is 2. The molecule has 7 nitrogen and oxygen atoms in total. The maximum Gasteiger partial charge on any atom is 0.255 e. The fourth-order valence-electron chi connectivity index (χ4n) is 3.04. The van der Waals surface area contributed by atoms with E-state index in [1.807, 2.05) is 25.3 Å². The zero-order chi connectivity index (χ0) is 19.7. The SMILES string of the molecule is CCOc1ccc2c(-c3ccn4ncc(C(=O)NCC(F)F)c4c3)c[nH]c2n1. The second kappa shape index (κ2) is 7.26. The molecule has 0 bridgehead atoms. The summed E-state index contributed by atoms with van der Waals surface area (Å²) in [6.07, 6.45) is 2.30. The van der Waals surface area contributed by atoms with E-state index in [1.165, 1.54) is 10.7 Å². The molecule has 0 saturated carbocycles. The summed E-state index contributed by atoms with van der Waals surface area (Å²) in [4.78, 5) is 19.7. The molecule has 0 aliphatic rings. The van der Waals surface area contributed by atoms with Gasteiger partial charge in [-0.15, -0.1) is 0 Å². The second-order valence-electron chi connectivity index (χ2n) is 6.09. The number of aromatic nitrogens is 4. The number of hydrogen-bond acceptors (Lipinski definition) is 4. The Labute approximate surface area is 158 Å². The molecule has 9 heteroatoms. The van der Waals surface area contributed by atoms with E-state index in [1.54, 1.807) is 18.3 Å². The van der Waals surface area contributed by atoms with Gasteiger partial charge in [-0.05, 0) is 30.7 Å². The minimum absolute atomic E-state index is 0.235. The molecule has 0 spiro atoms. The van der Waals surface area contributed by atoms with Gasteiger partial charge in [-0.2, -0.15) is 10.1 Å². The number of halogens is 2. The summed E-state index contributed by atoms with van der Waals surface area (Å²) in [6, 6.07) is 7.36. The third-order valence-electron chi connectivity index (χ3n) is 4.30. The Morgan fingerprint density at radius 3 is 3.00 bits per heavy atom. The fraction of sp³-hybridized carbons (Fsp3) is 0.211. The molecule has 28 heavy (non-hydrogen) atoms. The first-order valence-electron chi connectivity index (χ1n) is 8.72. The number of fused-ring (bicyclic) bond motifs is 2. The topological polar surface area (TPSA) is 84.3 Å². The molecule has 0 atom stereocenters. The predicted molar refractivity (Wildman–Crippen MR) is 99.8 cm³/mol. The molecule has 0 aromatic carbocycles. The number of H-pyrrole nitrogens is 1. The lowest BCUT2D eigenvalue weighted by Gasteiger charge is -2.05. The molecule has 2 N–H and O–H groups in total. The lowest BCUT2D eigenvalue weighted by molar-refractivity contribution is 0.0893. The van der Waals surface area contributed by atoms with Crippen LogP contribution in [0.15, 0.2) is 42.9 Å². The van der Waals surface area contributed by atoms with Gasteiger partial charge in [0.1, 0.15) is 5.65 Å². The molecule has 0 aliphatic heterocycles. The Morgan fingerprint density at radius 1 is 1.36 bits per heavy atom. The number of rotatable bonds is 6. The number of alkyl halides is 2. The van der Waals surface area contributed by atoms with Crippen LogP contribution in [-0.2, 0) is 0 Å². The van der Waals surface area contributed by atoms with E-state index in [9.17, 15) is 13.6 Å². The average molecular weight is 385 g/mol. The van der Waals surface area contributed by atoms with Gasteiger partial charge in [-0.3, -0.25) is 4.79 Å². The number of nitrogens with zero attached hydrogens (tertiary/aromatic N) is 3. The molecule has 4 heterocycles. The highest BCUT2D eigenvalue weighted by Gasteiger charge is 2.16. The second-order valence-corrected chi connectivity index (χ2v) is 6.09. The largest absolute Gasteiger partial charge is 0.478 e. The zero-order valence-electron chi connectivity index (χ0n) is 14.9. The van der Waals surface area contributed by atoms with E-state index < -0.39 is 18.9 Å². The van der Waals surface area contributed by atoms with Gasteiger partial charge in [0.15, 0.2) is 0 Å². The summed E-state index contributed by atoms with van der Waals surface area (Å²) in [7, 11) is 0. The van der Waals surface area contributed by atoms with Gasteiger partial charge in [0.25, 0.3) is 12.3 Å². The van der Waals surface area contributed by atoms with Crippen molar-refractivity contribution in [3.8, 4) is 17.0 Å². The molecular weight excluding hydrogens is 368 g/mol. The number of ether oxygens (including phenoxy) is 1. The quantitative estimate of drug-likeness (QED) is 0.534. The Hall–Kier alpha value is -3.49. The smallest absolute Gasteiger partial charge is 0.255 e. The van der Waals surface area contributed by atoms with Crippen LogP contribution in [0.5, 0.6) is 5.88 Å². The van der Waals surface area contributed by atoms with Gasteiger partial charge in [0, 0.05) is 29.4 Å². The molecule has 4 aromatic heterocycles. The van der Waals surface area contributed by atoms with Gasteiger partial charge in [-0.1, -0.05) is 0 Å². The highest BCUT2D eigenvalue weighted by molar-refractivity contribution is 6.02. The van der Waals surface area contributed by atoms with E-state index in [0.717, 1.165) is 16.5 Å². The van der Waals surface area contributed by atoms with Gasteiger partial charge in [0.05, 0.1) is 30.4 Å². The summed E-state index contributed by atoms with van der Waals surface area (Å²) < 4.78 is 31.7. The summed E-state index contributed by atoms with van der Waals surface area (Å²) in [5.41, 5.74) is 3.18. The van der Waals surface area contributed by atoms with Crippen molar-refractivity contribution in [2.75, 3.05) is 13.2 Å². The third-order valence-corrected chi connectivity index (χ3v) is 4.30. The molecule has 0 aliphatic carbocycles. The van der Waals surface area contributed by atoms with E-state index in [2.05, 4.69) is 20.4 Å². The fourth-order valence-corrected chi connectivity index (χ4v) is 3.04. The standard InChI is InChI=1S/C19H17F2N5O2/c1-2-28-17-4-3-12-13(8-22-18(12)25-17)11-5-6-26-15(7-11)14(9-24-26)19(27)23-10-16(20)21/h3-9,16H,2,10H2,1H3,(H,22,25)(H,23,27). The van der Waals surface area contributed by atoms with Crippen molar-refractivity contribution in [3.63, 3.8) is 0 Å². The van der Waals surface area contributed by atoms with Gasteiger partial charge in [0.2, 0.25) is 5.88 Å². The maximum absolute atomic E-state index is 12.4. The van der Waals surface area contributed by atoms with Crippen molar-refractivity contribution in [1.82, 2.24) is 24.9 Å². The van der Waals surface area contributed by atoms with E-state index in [-0.39, 0.29) is 5.56 Å². The molecule has 0 radical (unpaired) electrons. The molecular formula is C19H17F2N5O2. The number of aromatic amines is 1. The predicted octanol–water partition coefficient (Wildman–Crippen LogP) is 3.27. The highest BCUT2D eigenvalue weighted by Crippen LogP contribution is 2.30. The van der Waals surface area contributed by atoms with Crippen LogP contribution in [0.3, 0.4) is 0 Å². The van der Waals surface area contributed by atoms with Crippen LogP contribution in [-0.4, -0.2) is 45.1 Å². The van der Waals surface area contributed by atoms with Crippen molar-refractivity contribution in [2.24, 2.45) is 0 Å². The average Bonchev–Trinajstić information content (AvgIpc) is 3.29. The van der Waals surface area contributed by atoms with Crippen LogP contribution >= 0.6 is 0 Å². The van der Waals surface area contributed by atoms with Gasteiger partial charge in [-0.25, -0.2) is 13.3 Å².